The molecule has 1 fully saturated rings. The van der Waals surface area contributed by atoms with E-state index in [1.807, 2.05) is 30.3 Å². The Morgan fingerprint density at radius 2 is 1.65 bits per heavy atom. The number of hydrogen-bond donors (Lipinski definition) is 0. The lowest BCUT2D eigenvalue weighted by atomic mass is 9.93. The summed E-state index contributed by atoms with van der Waals surface area (Å²) in [4.78, 5) is 36.2. The van der Waals surface area contributed by atoms with E-state index in [1.165, 1.54) is 18.0 Å². The maximum atomic E-state index is 13.2. The van der Waals surface area contributed by atoms with Crippen LogP contribution in [0, 0.1) is 0 Å². The molecule has 0 spiro atoms. The van der Waals surface area contributed by atoms with Crippen molar-refractivity contribution >= 4 is 23.3 Å². The summed E-state index contributed by atoms with van der Waals surface area (Å²) in [5.74, 6) is -0.194. The maximum Gasteiger partial charge on any atom is 0.211 e. The molecule has 0 unspecified atom stereocenters. The zero-order valence-corrected chi connectivity index (χ0v) is 15.3. The van der Waals surface area contributed by atoms with Crippen LogP contribution in [0.15, 0.2) is 64.3 Å². The number of piperazine rings is 1. The number of carbonyl (C=O) groups excluding carboxylic acids is 2. The van der Waals surface area contributed by atoms with Crippen molar-refractivity contribution in [1.29, 1.82) is 0 Å². The quantitative estimate of drug-likeness (QED) is 0.834. The molecule has 0 amide bonds. The van der Waals surface area contributed by atoms with E-state index >= 15 is 0 Å². The third kappa shape index (κ3) is 3.06. The molecular formula is C20H19N3O2S. The van der Waals surface area contributed by atoms with Crippen molar-refractivity contribution in [3.8, 4) is 0 Å². The molecule has 0 radical (unpaired) electrons. The molecule has 1 aromatic carbocycles. The molecule has 0 bridgehead atoms. The average Bonchev–Trinajstić information content (AvgIpc) is 2.68. The van der Waals surface area contributed by atoms with Gasteiger partial charge in [0.25, 0.3) is 0 Å². The summed E-state index contributed by atoms with van der Waals surface area (Å²) in [6.45, 7) is 3.23. The molecule has 1 saturated heterocycles. The monoisotopic (exact) mass is 365 g/mol. The fraction of sp³-hybridized carbons (Fsp3) is 0.250. The zero-order chi connectivity index (χ0) is 18.1. The number of pyridine rings is 1. The summed E-state index contributed by atoms with van der Waals surface area (Å²) in [5, 5.41) is 0. The van der Waals surface area contributed by atoms with E-state index in [0.29, 0.717) is 21.7 Å². The van der Waals surface area contributed by atoms with Crippen molar-refractivity contribution < 1.29 is 9.59 Å². The number of fused-ring (bicyclic) bond motifs is 1. The Kier molecular flexibility index (Phi) is 4.61. The number of nitrogens with zero attached hydrogens (tertiary/aromatic N) is 3. The van der Waals surface area contributed by atoms with E-state index in [1.54, 1.807) is 12.3 Å². The summed E-state index contributed by atoms with van der Waals surface area (Å²) in [7, 11) is 2.07. The van der Waals surface area contributed by atoms with Gasteiger partial charge in [-0.15, -0.1) is 0 Å². The molecule has 2 aliphatic rings. The van der Waals surface area contributed by atoms with Crippen LogP contribution in [0.5, 0.6) is 0 Å². The van der Waals surface area contributed by atoms with E-state index < -0.39 is 0 Å². The molecule has 1 aromatic heterocycles. The van der Waals surface area contributed by atoms with Gasteiger partial charge in [0.2, 0.25) is 11.6 Å². The molecule has 132 valence electrons. The Bertz CT molecular complexity index is 887. The fourth-order valence-corrected chi connectivity index (χ4v) is 4.30. The molecule has 6 heteroatoms. The molecule has 0 N–H and O–H groups in total. The number of rotatable bonds is 3. The van der Waals surface area contributed by atoms with Crippen LogP contribution >= 0.6 is 11.8 Å². The molecule has 5 nitrogen and oxygen atoms in total. The molecule has 1 aliphatic carbocycles. The second-order valence-corrected chi connectivity index (χ2v) is 7.55. The van der Waals surface area contributed by atoms with Crippen molar-refractivity contribution in [2.24, 2.45) is 0 Å². The summed E-state index contributed by atoms with van der Waals surface area (Å²) >= 11 is 1.37. The summed E-state index contributed by atoms with van der Waals surface area (Å²) < 4.78 is 0. The summed E-state index contributed by atoms with van der Waals surface area (Å²) in [5.41, 5.74) is 1.39. The predicted octanol–water partition coefficient (Wildman–Crippen LogP) is 2.71. The Morgan fingerprint density at radius 3 is 2.38 bits per heavy atom. The number of benzene rings is 1. The van der Waals surface area contributed by atoms with Crippen LogP contribution in [0.1, 0.15) is 20.7 Å². The van der Waals surface area contributed by atoms with Crippen LogP contribution in [0.25, 0.3) is 0 Å². The molecule has 0 atom stereocenters. The highest BCUT2D eigenvalue weighted by molar-refractivity contribution is 8.04. The lowest BCUT2D eigenvalue weighted by Gasteiger charge is -2.37. The molecule has 2 aromatic rings. The van der Waals surface area contributed by atoms with Gasteiger partial charge in [0, 0.05) is 49.0 Å². The first-order chi connectivity index (χ1) is 12.6. The van der Waals surface area contributed by atoms with Crippen molar-refractivity contribution in [1.82, 2.24) is 14.8 Å². The van der Waals surface area contributed by atoms with Crippen LogP contribution in [0.3, 0.4) is 0 Å². The number of hydrogen-bond acceptors (Lipinski definition) is 6. The number of carbonyl (C=O) groups is 2. The minimum atomic E-state index is -0.115. The molecule has 26 heavy (non-hydrogen) atoms. The standard InChI is InChI=1S/C20H19N3O2S/c1-22-9-11-23(12-10-22)17-18(24)15-7-8-21-13-16(15)19(25)20(17)26-14-5-3-2-4-6-14/h2-8,13H,9-12H2,1H3. The first kappa shape index (κ1) is 17.0. The molecule has 0 saturated carbocycles. The smallest absolute Gasteiger partial charge is 0.211 e. The second-order valence-electron chi connectivity index (χ2n) is 6.46. The van der Waals surface area contributed by atoms with E-state index in [0.717, 1.165) is 31.1 Å². The fourth-order valence-electron chi connectivity index (χ4n) is 3.25. The second kappa shape index (κ2) is 7.05. The van der Waals surface area contributed by atoms with Gasteiger partial charge in [-0.2, -0.15) is 0 Å². The van der Waals surface area contributed by atoms with Gasteiger partial charge in [0.15, 0.2) is 0 Å². The highest BCUT2D eigenvalue weighted by Gasteiger charge is 2.36. The molecule has 1 aliphatic heterocycles. The van der Waals surface area contributed by atoms with E-state index in [2.05, 4.69) is 21.8 Å². The van der Waals surface area contributed by atoms with Crippen LogP contribution in [0.4, 0.5) is 0 Å². The largest absolute Gasteiger partial charge is 0.365 e. The normalized spacial score (nSPS) is 18.3. The first-order valence-corrected chi connectivity index (χ1v) is 9.41. The lowest BCUT2D eigenvalue weighted by Crippen LogP contribution is -2.46. The maximum absolute atomic E-state index is 13.2. The van der Waals surface area contributed by atoms with Crippen molar-refractivity contribution in [3.05, 3.63) is 70.5 Å². The highest BCUT2D eigenvalue weighted by Crippen LogP contribution is 2.38. The van der Waals surface area contributed by atoms with E-state index in [-0.39, 0.29) is 11.6 Å². The van der Waals surface area contributed by atoms with Crippen molar-refractivity contribution in [2.75, 3.05) is 33.2 Å². The first-order valence-electron chi connectivity index (χ1n) is 8.59. The number of aromatic nitrogens is 1. The van der Waals surface area contributed by atoms with E-state index in [9.17, 15) is 9.59 Å². The van der Waals surface area contributed by atoms with Crippen LogP contribution in [-0.4, -0.2) is 59.6 Å². The predicted molar refractivity (Wildman–Crippen MR) is 101 cm³/mol. The number of allylic oxidation sites excluding steroid dienone is 2. The third-order valence-electron chi connectivity index (χ3n) is 4.73. The van der Waals surface area contributed by atoms with Crippen LogP contribution in [0.2, 0.25) is 0 Å². The van der Waals surface area contributed by atoms with Crippen molar-refractivity contribution in [2.45, 2.75) is 4.90 Å². The SMILES string of the molecule is CN1CCN(C2=C(Sc3ccccc3)C(=O)c3cnccc3C2=O)CC1. The highest BCUT2D eigenvalue weighted by atomic mass is 32.2. The molecular weight excluding hydrogens is 346 g/mol. The molecule has 2 heterocycles. The third-order valence-corrected chi connectivity index (χ3v) is 5.82. The van der Waals surface area contributed by atoms with Gasteiger partial charge in [-0.25, -0.2) is 0 Å². The van der Waals surface area contributed by atoms with Crippen LogP contribution in [-0.2, 0) is 0 Å². The zero-order valence-electron chi connectivity index (χ0n) is 14.5. The van der Waals surface area contributed by atoms with Gasteiger partial charge in [-0.3, -0.25) is 14.6 Å². The number of thioether (sulfide) groups is 1. The Hall–Kier alpha value is -2.44. The van der Waals surface area contributed by atoms with Gasteiger partial charge in [0.05, 0.1) is 10.5 Å². The van der Waals surface area contributed by atoms with Crippen LogP contribution < -0.4 is 0 Å². The summed E-state index contributed by atoms with van der Waals surface area (Å²) in [6, 6.07) is 11.4. The van der Waals surface area contributed by atoms with Gasteiger partial charge >= 0.3 is 0 Å². The van der Waals surface area contributed by atoms with Gasteiger partial charge in [-0.05, 0) is 25.2 Å². The Balaban J connectivity index is 1.80. The number of likely N-dealkylation sites (N-methyl/N-ethyl adjacent to an activating group) is 1. The van der Waals surface area contributed by atoms with Crippen molar-refractivity contribution in [3.63, 3.8) is 0 Å². The lowest BCUT2D eigenvalue weighted by molar-refractivity contribution is 0.0923. The van der Waals surface area contributed by atoms with E-state index in [4.69, 9.17) is 0 Å². The Morgan fingerprint density at radius 1 is 0.923 bits per heavy atom. The van der Waals surface area contributed by atoms with Gasteiger partial charge in [0.1, 0.15) is 5.70 Å². The summed E-state index contributed by atoms with van der Waals surface area (Å²) in [6.07, 6.45) is 3.07. The van der Waals surface area contributed by atoms with Gasteiger partial charge < -0.3 is 9.80 Å². The average molecular weight is 365 g/mol. The number of ketones is 2. The van der Waals surface area contributed by atoms with Gasteiger partial charge in [-0.1, -0.05) is 30.0 Å². The minimum Gasteiger partial charge on any atom is -0.365 e. The topological polar surface area (TPSA) is 53.5 Å². The number of Topliss-reactive ketones (excluding diaryl/α,β-unsaturated/α-hetero) is 2. The Labute approximate surface area is 156 Å². The minimum absolute atomic E-state index is 0.0787. The molecule has 4 rings (SSSR count).